The van der Waals surface area contributed by atoms with Crippen molar-refractivity contribution < 1.29 is 19.6 Å². The van der Waals surface area contributed by atoms with Crippen molar-refractivity contribution in [1.82, 2.24) is 5.32 Å². The van der Waals surface area contributed by atoms with Gasteiger partial charge in [-0.3, -0.25) is 4.79 Å². The molecule has 6 heteroatoms. The van der Waals surface area contributed by atoms with Crippen LogP contribution in [0, 0.1) is 0 Å². The van der Waals surface area contributed by atoms with Crippen molar-refractivity contribution in [3.8, 4) is 5.75 Å². The molecule has 0 fully saturated rings. The Morgan fingerprint density at radius 1 is 1.47 bits per heavy atom. The summed E-state index contributed by atoms with van der Waals surface area (Å²) in [5.41, 5.74) is 0.514. The van der Waals surface area contributed by atoms with Crippen LogP contribution in [0.4, 0.5) is 0 Å². The highest BCUT2D eigenvalue weighted by atomic mass is 16.5. The molecule has 1 aromatic rings. The molecule has 5 nitrogen and oxygen atoms in total. The smallest absolute Gasteiger partial charge is 0.492 e. The summed E-state index contributed by atoms with van der Waals surface area (Å²) in [5, 5.41) is 20.6. The third-order valence-electron chi connectivity index (χ3n) is 2.00. The van der Waals surface area contributed by atoms with Crippen LogP contribution in [0.5, 0.6) is 5.75 Å². The second kappa shape index (κ2) is 4.81. The molecule has 1 aromatic carbocycles. The van der Waals surface area contributed by atoms with Crippen molar-refractivity contribution in [2.24, 2.45) is 0 Å². The maximum atomic E-state index is 11.3. The SMILES string of the molecule is CNC(=O)c1ccc(OC)c(B(O)O)c1. The van der Waals surface area contributed by atoms with Crippen LogP contribution >= 0.6 is 0 Å². The first kappa shape index (κ1) is 11.5. The van der Waals surface area contributed by atoms with Gasteiger partial charge in [-0.05, 0) is 18.2 Å². The minimum absolute atomic E-state index is 0.165. The Labute approximate surface area is 87.8 Å². The lowest BCUT2D eigenvalue weighted by atomic mass is 9.78. The predicted molar refractivity (Wildman–Crippen MR) is 56.2 cm³/mol. The van der Waals surface area contributed by atoms with Crippen LogP contribution in [0.15, 0.2) is 18.2 Å². The Morgan fingerprint density at radius 2 is 2.13 bits per heavy atom. The molecule has 0 aromatic heterocycles. The summed E-state index contributed by atoms with van der Waals surface area (Å²) in [6.45, 7) is 0. The van der Waals surface area contributed by atoms with Gasteiger partial charge in [0.05, 0.1) is 7.11 Å². The van der Waals surface area contributed by atoms with Gasteiger partial charge in [0.2, 0.25) is 0 Å². The summed E-state index contributed by atoms with van der Waals surface area (Å²) in [6.07, 6.45) is 0. The average Bonchev–Trinajstić information content (AvgIpc) is 2.27. The Balaban J connectivity index is 3.16. The molecule has 3 N–H and O–H groups in total. The van der Waals surface area contributed by atoms with Crippen LogP contribution in [0.2, 0.25) is 0 Å². The van der Waals surface area contributed by atoms with E-state index in [1.165, 1.54) is 26.3 Å². The van der Waals surface area contributed by atoms with Gasteiger partial charge in [0.15, 0.2) is 0 Å². The monoisotopic (exact) mass is 209 g/mol. The number of rotatable bonds is 3. The molecule has 0 aliphatic carbocycles. The van der Waals surface area contributed by atoms with Crippen molar-refractivity contribution in [1.29, 1.82) is 0 Å². The van der Waals surface area contributed by atoms with E-state index in [-0.39, 0.29) is 11.4 Å². The molecule has 0 atom stereocenters. The fourth-order valence-corrected chi connectivity index (χ4v) is 1.22. The summed E-state index contributed by atoms with van der Waals surface area (Å²) in [6, 6.07) is 4.44. The third-order valence-corrected chi connectivity index (χ3v) is 2.00. The van der Waals surface area contributed by atoms with Crippen LogP contribution in [-0.4, -0.2) is 37.2 Å². The van der Waals surface area contributed by atoms with Crippen molar-refractivity contribution in [2.75, 3.05) is 14.2 Å². The van der Waals surface area contributed by atoms with Crippen LogP contribution in [0.3, 0.4) is 0 Å². The summed E-state index contributed by atoms with van der Waals surface area (Å²) in [4.78, 5) is 11.3. The standard InChI is InChI=1S/C9H12BNO4/c1-11-9(12)6-3-4-8(15-2)7(5-6)10(13)14/h3-5,13-14H,1-2H3,(H,11,12). The minimum atomic E-state index is -1.66. The van der Waals surface area contributed by atoms with Crippen LogP contribution in [0.25, 0.3) is 0 Å². The van der Waals surface area contributed by atoms with Crippen molar-refractivity contribution in [3.05, 3.63) is 23.8 Å². The van der Waals surface area contributed by atoms with E-state index in [0.717, 1.165) is 0 Å². The van der Waals surface area contributed by atoms with Gasteiger partial charge in [-0.15, -0.1) is 0 Å². The predicted octanol–water partition coefficient (Wildman–Crippen LogP) is -1.27. The number of carbonyl (C=O) groups is 1. The number of ether oxygens (including phenoxy) is 1. The van der Waals surface area contributed by atoms with E-state index in [1.807, 2.05) is 0 Å². The molecular formula is C9H12BNO4. The van der Waals surface area contributed by atoms with E-state index in [9.17, 15) is 4.79 Å². The van der Waals surface area contributed by atoms with E-state index < -0.39 is 7.12 Å². The summed E-state index contributed by atoms with van der Waals surface area (Å²) >= 11 is 0. The molecule has 80 valence electrons. The number of methoxy groups -OCH3 is 1. The van der Waals surface area contributed by atoms with Crippen LogP contribution < -0.4 is 15.5 Å². The lowest BCUT2D eigenvalue weighted by Gasteiger charge is -2.09. The average molecular weight is 209 g/mol. The van der Waals surface area contributed by atoms with Crippen molar-refractivity contribution >= 4 is 18.5 Å². The van der Waals surface area contributed by atoms with Gasteiger partial charge >= 0.3 is 7.12 Å². The van der Waals surface area contributed by atoms with Crippen LogP contribution in [-0.2, 0) is 0 Å². The molecule has 0 aliphatic rings. The van der Waals surface area contributed by atoms with Crippen molar-refractivity contribution in [3.63, 3.8) is 0 Å². The zero-order valence-corrected chi connectivity index (χ0v) is 8.52. The van der Waals surface area contributed by atoms with E-state index in [1.54, 1.807) is 6.07 Å². The number of amides is 1. The van der Waals surface area contributed by atoms with Gasteiger partial charge < -0.3 is 20.1 Å². The topological polar surface area (TPSA) is 78.8 Å². The molecule has 0 saturated carbocycles. The molecule has 15 heavy (non-hydrogen) atoms. The second-order valence-electron chi connectivity index (χ2n) is 2.91. The number of carbonyl (C=O) groups excluding carboxylic acids is 1. The van der Waals surface area contributed by atoms with Gasteiger partial charge in [0.1, 0.15) is 5.75 Å². The zero-order valence-electron chi connectivity index (χ0n) is 8.52. The molecule has 1 rings (SSSR count). The molecule has 1 amide bonds. The lowest BCUT2D eigenvalue weighted by Crippen LogP contribution is -2.32. The number of benzene rings is 1. The molecular weight excluding hydrogens is 197 g/mol. The molecule has 0 unspecified atom stereocenters. The Morgan fingerprint density at radius 3 is 2.60 bits per heavy atom. The second-order valence-corrected chi connectivity index (χ2v) is 2.91. The summed E-state index contributed by atoms with van der Waals surface area (Å²) in [5.74, 6) is 0.0391. The lowest BCUT2D eigenvalue weighted by molar-refractivity contribution is 0.0963. The van der Waals surface area contributed by atoms with E-state index in [2.05, 4.69) is 5.32 Å². The van der Waals surface area contributed by atoms with Crippen LogP contribution in [0.1, 0.15) is 10.4 Å². The quantitative estimate of drug-likeness (QED) is 0.542. The number of hydrogen-bond donors (Lipinski definition) is 3. The summed E-state index contributed by atoms with van der Waals surface area (Å²) < 4.78 is 4.92. The van der Waals surface area contributed by atoms with E-state index in [4.69, 9.17) is 14.8 Å². The normalized spacial score (nSPS) is 9.60. The highest BCUT2D eigenvalue weighted by molar-refractivity contribution is 6.59. The maximum Gasteiger partial charge on any atom is 0.492 e. The molecule has 0 saturated heterocycles. The molecule has 0 spiro atoms. The number of nitrogens with one attached hydrogen (secondary N) is 1. The first-order chi connectivity index (χ1) is 7.10. The zero-order chi connectivity index (χ0) is 11.4. The van der Waals surface area contributed by atoms with Crippen molar-refractivity contribution in [2.45, 2.75) is 0 Å². The molecule has 0 heterocycles. The molecule has 0 bridgehead atoms. The molecule has 0 radical (unpaired) electrons. The maximum absolute atomic E-state index is 11.3. The minimum Gasteiger partial charge on any atom is -0.497 e. The first-order valence-corrected chi connectivity index (χ1v) is 4.36. The fraction of sp³-hybridized carbons (Fsp3) is 0.222. The van der Waals surface area contributed by atoms with Gasteiger partial charge in [0.25, 0.3) is 5.91 Å². The fourth-order valence-electron chi connectivity index (χ4n) is 1.22. The Hall–Kier alpha value is -1.53. The summed E-state index contributed by atoms with van der Waals surface area (Å²) in [7, 11) is 1.26. The van der Waals surface area contributed by atoms with Gasteiger partial charge in [0, 0.05) is 18.1 Å². The first-order valence-electron chi connectivity index (χ1n) is 4.36. The van der Waals surface area contributed by atoms with Gasteiger partial charge in [-0.25, -0.2) is 0 Å². The highest BCUT2D eigenvalue weighted by Gasteiger charge is 2.18. The van der Waals surface area contributed by atoms with Gasteiger partial charge in [-0.1, -0.05) is 0 Å². The Bertz CT molecular complexity index is 367. The number of hydrogen-bond acceptors (Lipinski definition) is 4. The highest BCUT2D eigenvalue weighted by Crippen LogP contribution is 2.09. The van der Waals surface area contributed by atoms with E-state index in [0.29, 0.717) is 11.3 Å². The Kier molecular flexibility index (Phi) is 3.71. The van der Waals surface area contributed by atoms with Gasteiger partial charge in [-0.2, -0.15) is 0 Å². The largest absolute Gasteiger partial charge is 0.497 e. The molecule has 0 aliphatic heterocycles. The third kappa shape index (κ3) is 2.48. The van der Waals surface area contributed by atoms with E-state index >= 15 is 0 Å².